The van der Waals surface area contributed by atoms with Crippen LogP contribution in [0, 0.1) is 24.2 Å². The Kier molecular flexibility index (Phi) is 9.45. The van der Waals surface area contributed by atoms with E-state index in [0.29, 0.717) is 11.3 Å². The first-order valence-electron chi connectivity index (χ1n) is 11.7. The molecule has 3 N–H and O–H groups in total. The Labute approximate surface area is 212 Å². The lowest BCUT2D eigenvalue weighted by molar-refractivity contribution is -0.140. The second-order valence-corrected chi connectivity index (χ2v) is 9.79. The maximum atomic E-state index is 13.8. The van der Waals surface area contributed by atoms with E-state index in [9.17, 15) is 24.8 Å². The van der Waals surface area contributed by atoms with Gasteiger partial charge in [-0.2, -0.15) is 5.26 Å². The second kappa shape index (κ2) is 12.1. The number of carbonyl (C=O) groups is 3. The Morgan fingerprint density at radius 2 is 1.78 bits per heavy atom. The number of aromatic hydroxyl groups is 1. The smallest absolute Gasteiger partial charge is 0.408 e. The number of aryl methyl sites for hydroxylation is 1. The zero-order valence-electron chi connectivity index (χ0n) is 21.5. The molecule has 0 aliphatic rings. The molecule has 2 aromatic rings. The van der Waals surface area contributed by atoms with Crippen LogP contribution in [0.1, 0.15) is 51.8 Å². The number of nitriles is 1. The van der Waals surface area contributed by atoms with Crippen molar-refractivity contribution in [3.05, 3.63) is 59.7 Å². The van der Waals surface area contributed by atoms with E-state index < -0.39 is 42.1 Å². The van der Waals surface area contributed by atoms with Crippen molar-refractivity contribution in [2.45, 2.75) is 59.2 Å². The molecule has 2 atom stereocenters. The highest BCUT2D eigenvalue weighted by Crippen LogP contribution is 2.28. The van der Waals surface area contributed by atoms with Gasteiger partial charge in [0.2, 0.25) is 5.91 Å². The van der Waals surface area contributed by atoms with Gasteiger partial charge in [0.25, 0.3) is 5.91 Å². The first-order chi connectivity index (χ1) is 16.8. The summed E-state index contributed by atoms with van der Waals surface area (Å²) in [7, 11) is 0. The number of benzene rings is 2. The van der Waals surface area contributed by atoms with E-state index in [1.54, 1.807) is 58.9 Å². The average Bonchev–Trinajstić information content (AvgIpc) is 2.77. The fourth-order valence-corrected chi connectivity index (χ4v) is 3.58. The summed E-state index contributed by atoms with van der Waals surface area (Å²) in [5.41, 5.74) is 0.887. The van der Waals surface area contributed by atoms with Crippen LogP contribution in [0.4, 0.5) is 10.5 Å². The number of nitrogens with one attached hydrogen (secondary N) is 2. The van der Waals surface area contributed by atoms with Crippen LogP contribution < -0.4 is 10.6 Å². The molecule has 9 nitrogen and oxygen atoms in total. The average molecular weight is 495 g/mol. The lowest BCUT2D eigenvalue weighted by atomic mass is 9.98. The molecule has 36 heavy (non-hydrogen) atoms. The third kappa shape index (κ3) is 7.73. The molecule has 2 unspecified atom stereocenters. The van der Waals surface area contributed by atoms with Crippen LogP contribution in [-0.2, 0) is 14.3 Å². The number of carbonyl (C=O) groups excluding carboxylic acids is 3. The number of para-hydroxylation sites is 1. The van der Waals surface area contributed by atoms with Gasteiger partial charge in [-0.1, -0.05) is 44.2 Å². The maximum absolute atomic E-state index is 13.8. The van der Waals surface area contributed by atoms with Gasteiger partial charge >= 0.3 is 6.09 Å². The fraction of sp³-hybridized carbons (Fsp3) is 0.407. The van der Waals surface area contributed by atoms with Gasteiger partial charge in [0.1, 0.15) is 30.0 Å². The van der Waals surface area contributed by atoms with Crippen molar-refractivity contribution in [1.29, 1.82) is 5.26 Å². The van der Waals surface area contributed by atoms with Gasteiger partial charge in [0.15, 0.2) is 0 Å². The van der Waals surface area contributed by atoms with Crippen LogP contribution in [-0.4, -0.2) is 46.1 Å². The molecule has 0 radical (unpaired) electrons. The van der Waals surface area contributed by atoms with Gasteiger partial charge in [0.05, 0.1) is 6.07 Å². The molecule has 0 aliphatic carbocycles. The number of phenols is 1. The van der Waals surface area contributed by atoms with E-state index in [2.05, 4.69) is 10.6 Å². The van der Waals surface area contributed by atoms with E-state index in [1.165, 1.54) is 12.1 Å². The van der Waals surface area contributed by atoms with Crippen molar-refractivity contribution in [3.8, 4) is 11.8 Å². The van der Waals surface area contributed by atoms with Gasteiger partial charge in [-0.25, -0.2) is 4.79 Å². The molecule has 0 spiro atoms. The Morgan fingerprint density at radius 3 is 2.33 bits per heavy atom. The molecule has 3 amide bonds. The fourth-order valence-electron chi connectivity index (χ4n) is 3.58. The summed E-state index contributed by atoms with van der Waals surface area (Å²) in [4.78, 5) is 40.9. The molecule has 0 saturated heterocycles. The molecule has 0 aromatic heterocycles. The van der Waals surface area contributed by atoms with Crippen molar-refractivity contribution in [3.63, 3.8) is 0 Å². The number of ether oxygens (including phenoxy) is 1. The predicted molar refractivity (Wildman–Crippen MR) is 136 cm³/mol. The second-order valence-electron chi connectivity index (χ2n) is 9.79. The van der Waals surface area contributed by atoms with Crippen molar-refractivity contribution in [2.75, 3.05) is 11.9 Å². The molecule has 2 rings (SSSR count). The largest absolute Gasteiger partial charge is 0.508 e. The molecule has 0 heterocycles. The first kappa shape index (κ1) is 28.2. The van der Waals surface area contributed by atoms with Gasteiger partial charge in [-0.05, 0) is 62.9 Å². The number of amides is 3. The Hall–Kier alpha value is -4.06. The third-order valence-corrected chi connectivity index (χ3v) is 5.28. The molecule has 192 valence electrons. The van der Waals surface area contributed by atoms with Crippen molar-refractivity contribution in [2.24, 2.45) is 5.92 Å². The summed E-state index contributed by atoms with van der Waals surface area (Å²) in [5, 5.41) is 25.1. The monoisotopic (exact) mass is 494 g/mol. The van der Waals surface area contributed by atoms with Crippen LogP contribution in [0.15, 0.2) is 48.5 Å². The molecule has 9 heteroatoms. The van der Waals surface area contributed by atoms with E-state index in [1.807, 2.05) is 25.1 Å². The molecule has 0 fully saturated rings. The van der Waals surface area contributed by atoms with Crippen molar-refractivity contribution >= 4 is 23.6 Å². The molecular formula is C27H34N4O5. The van der Waals surface area contributed by atoms with Gasteiger partial charge in [0, 0.05) is 5.69 Å². The van der Waals surface area contributed by atoms with Crippen LogP contribution in [0.2, 0.25) is 0 Å². The van der Waals surface area contributed by atoms with Crippen molar-refractivity contribution in [1.82, 2.24) is 10.2 Å². The summed E-state index contributed by atoms with van der Waals surface area (Å²) in [5.74, 6) is -1.68. The highest BCUT2D eigenvalue weighted by molar-refractivity contribution is 5.99. The Balaban J connectivity index is 2.50. The van der Waals surface area contributed by atoms with E-state index in [0.717, 1.165) is 10.5 Å². The quantitative estimate of drug-likeness (QED) is 0.469. The van der Waals surface area contributed by atoms with E-state index in [-0.39, 0.29) is 11.7 Å². The van der Waals surface area contributed by atoms with Crippen LogP contribution in [0.25, 0.3) is 0 Å². The third-order valence-electron chi connectivity index (χ3n) is 5.28. The van der Waals surface area contributed by atoms with E-state index >= 15 is 0 Å². The van der Waals surface area contributed by atoms with Crippen LogP contribution in [0.3, 0.4) is 0 Å². The lowest BCUT2D eigenvalue weighted by Gasteiger charge is -2.34. The van der Waals surface area contributed by atoms with Crippen LogP contribution in [0.5, 0.6) is 5.75 Å². The number of anilines is 1. The standard InChI is InChI=1S/C27H34N4O5/c1-17(2)22(30-26(35)36-27(4,5)6)25(34)31(15-14-28)23(19-11-9-12-20(32)16-19)24(33)29-21-13-8-7-10-18(21)3/h7-13,16-17,22-23,32H,15H2,1-6H3,(H,29,33)(H,30,35). The number of nitrogens with zero attached hydrogens (tertiary/aromatic N) is 2. The zero-order chi connectivity index (χ0) is 27.0. The van der Waals surface area contributed by atoms with Crippen LogP contribution >= 0.6 is 0 Å². The molecular weight excluding hydrogens is 460 g/mol. The minimum absolute atomic E-state index is 0.0992. The Bertz CT molecular complexity index is 1130. The topological polar surface area (TPSA) is 132 Å². The normalized spacial score (nSPS) is 12.7. The predicted octanol–water partition coefficient (Wildman–Crippen LogP) is 4.28. The lowest BCUT2D eigenvalue weighted by Crippen LogP contribution is -2.54. The number of hydrogen-bond donors (Lipinski definition) is 3. The van der Waals surface area contributed by atoms with Gasteiger partial charge in [-0.15, -0.1) is 0 Å². The minimum atomic E-state index is -1.26. The molecule has 0 bridgehead atoms. The number of rotatable bonds is 8. The highest BCUT2D eigenvalue weighted by atomic mass is 16.6. The summed E-state index contributed by atoms with van der Waals surface area (Å²) in [6.07, 6.45) is -0.787. The molecule has 0 saturated carbocycles. The summed E-state index contributed by atoms with van der Waals surface area (Å²) in [6.45, 7) is 9.98. The summed E-state index contributed by atoms with van der Waals surface area (Å²) >= 11 is 0. The zero-order valence-corrected chi connectivity index (χ0v) is 21.5. The summed E-state index contributed by atoms with van der Waals surface area (Å²) in [6, 6.07) is 12.7. The number of phenolic OH excluding ortho intramolecular Hbond substituents is 1. The minimum Gasteiger partial charge on any atom is -0.508 e. The molecule has 2 aromatic carbocycles. The van der Waals surface area contributed by atoms with E-state index in [4.69, 9.17) is 4.74 Å². The molecule has 0 aliphatic heterocycles. The number of hydrogen-bond acceptors (Lipinski definition) is 6. The van der Waals surface area contributed by atoms with Gasteiger partial charge < -0.3 is 25.4 Å². The highest BCUT2D eigenvalue weighted by Gasteiger charge is 2.37. The van der Waals surface area contributed by atoms with Crippen molar-refractivity contribution < 1.29 is 24.2 Å². The number of alkyl carbamates (subject to hydrolysis) is 1. The maximum Gasteiger partial charge on any atom is 0.408 e. The first-order valence-corrected chi connectivity index (χ1v) is 11.7. The SMILES string of the molecule is Cc1ccccc1NC(=O)C(c1cccc(O)c1)N(CC#N)C(=O)C(NC(=O)OC(C)(C)C)C(C)C. The van der Waals surface area contributed by atoms with Gasteiger partial charge in [-0.3, -0.25) is 9.59 Å². The summed E-state index contributed by atoms with van der Waals surface area (Å²) < 4.78 is 5.31. The Morgan fingerprint density at radius 1 is 1.11 bits per heavy atom.